The molecule has 1 atom stereocenters. The molecule has 3 aromatic rings. The maximum absolute atomic E-state index is 12.8. The molecule has 5 heterocycles. The van der Waals surface area contributed by atoms with Crippen LogP contribution in [0, 0.1) is 0 Å². The van der Waals surface area contributed by atoms with Gasteiger partial charge >= 0.3 is 0 Å². The molecule has 0 spiro atoms. The van der Waals surface area contributed by atoms with Crippen LogP contribution in [0.25, 0.3) is 10.7 Å². The Labute approximate surface area is 194 Å². The van der Waals surface area contributed by atoms with Gasteiger partial charge in [-0.3, -0.25) is 14.2 Å². The lowest BCUT2D eigenvalue weighted by atomic mass is 10.2. The molecule has 0 saturated carbocycles. The Bertz CT molecular complexity index is 1080. The minimum Gasteiger partial charge on any atom is -0.376 e. The third kappa shape index (κ3) is 4.53. The van der Waals surface area contributed by atoms with E-state index in [1.807, 2.05) is 22.4 Å². The number of hydrogen-bond acceptors (Lipinski definition) is 7. The van der Waals surface area contributed by atoms with Crippen molar-refractivity contribution in [2.75, 3.05) is 25.4 Å². The van der Waals surface area contributed by atoms with Crippen LogP contribution in [0.2, 0.25) is 0 Å². The third-order valence-electron chi connectivity index (χ3n) is 5.83. The zero-order valence-corrected chi connectivity index (χ0v) is 19.3. The van der Waals surface area contributed by atoms with Crippen molar-refractivity contribution in [1.29, 1.82) is 0 Å². The third-order valence-corrected chi connectivity index (χ3v) is 7.66. The number of carbonyl (C=O) groups excluding carboxylic acids is 2. The monoisotopic (exact) mass is 471 g/mol. The van der Waals surface area contributed by atoms with Gasteiger partial charge in [-0.1, -0.05) is 17.8 Å². The first-order valence-electron chi connectivity index (χ1n) is 10.9. The summed E-state index contributed by atoms with van der Waals surface area (Å²) < 4.78 is 7.90. The summed E-state index contributed by atoms with van der Waals surface area (Å²) in [4.78, 5) is 31.2. The van der Waals surface area contributed by atoms with Gasteiger partial charge in [0.1, 0.15) is 5.69 Å². The lowest BCUT2D eigenvalue weighted by molar-refractivity contribution is 0.0787. The van der Waals surface area contributed by atoms with Crippen molar-refractivity contribution in [2.24, 2.45) is 0 Å². The minimum atomic E-state index is -0.0453. The van der Waals surface area contributed by atoms with Crippen molar-refractivity contribution in [1.82, 2.24) is 24.6 Å². The number of nitrogens with one attached hydrogen (secondary N) is 1. The number of thiophene rings is 1. The highest BCUT2D eigenvalue weighted by Crippen LogP contribution is 2.29. The molecule has 2 saturated heterocycles. The summed E-state index contributed by atoms with van der Waals surface area (Å²) in [5, 5.41) is 11.5. The van der Waals surface area contributed by atoms with E-state index < -0.39 is 0 Å². The molecule has 5 rings (SSSR count). The summed E-state index contributed by atoms with van der Waals surface area (Å²) in [7, 11) is 0. The van der Waals surface area contributed by atoms with Crippen LogP contribution < -0.4 is 0 Å². The molecular weight excluding hydrogens is 446 g/mol. The van der Waals surface area contributed by atoms with Crippen molar-refractivity contribution >= 4 is 34.8 Å². The normalized spacial score (nSPS) is 18.5. The van der Waals surface area contributed by atoms with E-state index in [-0.39, 0.29) is 23.5 Å². The van der Waals surface area contributed by atoms with Gasteiger partial charge in [0.25, 0.3) is 5.91 Å². The number of thioether (sulfide) groups is 1. The standard InChI is InChI=1S/C22H25N5O3S2/c28-18(15-11-17(23-12-15)21(29)26-7-1-2-8-26)14-32-22-25-24-20(19-6-4-10-31-19)27(22)13-16-5-3-9-30-16/h4,6,10-12,16,23H,1-3,5,7-9,13-14H2/t16-/m0/s1. The van der Waals surface area contributed by atoms with E-state index in [1.165, 1.54) is 11.8 Å². The van der Waals surface area contributed by atoms with Gasteiger partial charge in [0.2, 0.25) is 0 Å². The summed E-state index contributed by atoms with van der Waals surface area (Å²) in [6.45, 7) is 3.03. The first-order chi connectivity index (χ1) is 15.7. The molecule has 0 aliphatic carbocycles. The smallest absolute Gasteiger partial charge is 0.270 e. The molecule has 2 fully saturated rings. The predicted octanol–water partition coefficient (Wildman–Crippen LogP) is 3.72. The van der Waals surface area contributed by atoms with E-state index in [0.29, 0.717) is 23.0 Å². The number of nitrogens with zero attached hydrogens (tertiary/aromatic N) is 4. The zero-order valence-electron chi connectivity index (χ0n) is 17.7. The summed E-state index contributed by atoms with van der Waals surface area (Å²) in [6.07, 6.45) is 5.92. The number of ketones is 1. The van der Waals surface area contributed by atoms with Gasteiger partial charge in [0, 0.05) is 31.5 Å². The molecule has 1 amide bonds. The molecule has 3 aromatic heterocycles. The van der Waals surface area contributed by atoms with E-state index in [2.05, 4.69) is 19.7 Å². The molecular formula is C22H25N5O3S2. The van der Waals surface area contributed by atoms with Gasteiger partial charge in [-0.15, -0.1) is 21.5 Å². The summed E-state index contributed by atoms with van der Waals surface area (Å²) in [5.74, 6) is 0.955. The average Bonchev–Trinajstić information content (AvgIpc) is 3.62. The lowest BCUT2D eigenvalue weighted by Crippen LogP contribution is -2.27. The number of H-pyrrole nitrogens is 1. The Morgan fingerprint density at radius 1 is 1.25 bits per heavy atom. The fourth-order valence-corrected chi connectivity index (χ4v) is 5.68. The second-order valence-corrected chi connectivity index (χ2v) is 9.93. The van der Waals surface area contributed by atoms with Gasteiger partial charge in [-0.05, 0) is 43.2 Å². The number of amides is 1. The Balaban J connectivity index is 1.28. The van der Waals surface area contributed by atoms with Crippen molar-refractivity contribution < 1.29 is 14.3 Å². The van der Waals surface area contributed by atoms with Crippen molar-refractivity contribution in [3.05, 3.63) is 41.0 Å². The van der Waals surface area contributed by atoms with Crippen LogP contribution in [0.5, 0.6) is 0 Å². The van der Waals surface area contributed by atoms with E-state index >= 15 is 0 Å². The highest BCUT2D eigenvalue weighted by atomic mass is 32.2. The number of carbonyl (C=O) groups is 2. The molecule has 8 nitrogen and oxygen atoms in total. The van der Waals surface area contributed by atoms with Crippen LogP contribution in [0.15, 0.2) is 34.9 Å². The molecule has 0 bridgehead atoms. The van der Waals surface area contributed by atoms with E-state index in [9.17, 15) is 9.59 Å². The number of likely N-dealkylation sites (tertiary alicyclic amines) is 1. The van der Waals surface area contributed by atoms with Gasteiger partial charge < -0.3 is 14.6 Å². The van der Waals surface area contributed by atoms with Gasteiger partial charge in [-0.25, -0.2) is 0 Å². The molecule has 0 aromatic carbocycles. The number of rotatable bonds is 8. The largest absolute Gasteiger partial charge is 0.376 e. The van der Waals surface area contributed by atoms with E-state index in [1.54, 1.807) is 23.6 Å². The van der Waals surface area contributed by atoms with Crippen LogP contribution in [-0.4, -0.2) is 67.9 Å². The second kappa shape index (κ2) is 9.60. The maximum Gasteiger partial charge on any atom is 0.270 e. The molecule has 10 heteroatoms. The Morgan fingerprint density at radius 2 is 2.12 bits per heavy atom. The topological polar surface area (TPSA) is 93.1 Å². The molecule has 1 N–H and O–H groups in total. The number of Topliss-reactive ketones (excluding diaryl/α,β-unsaturated/α-hetero) is 1. The zero-order chi connectivity index (χ0) is 21.9. The number of aromatic nitrogens is 4. The second-order valence-electron chi connectivity index (χ2n) is 8.04. The van der Waals surface area contributed by atoms with Crippen LogP contribution in [-0.2, 0) is 11.3 Å². The lowest BCUT2D eigenvalue weighted by Gasteiger charge is -2.14. The average molecular weight is 472 g/mol. The van der Waals surface area contributed by atoms with Gasteiger partial charge in [-0.2, -0.15) is 0 Å². The van der Waals surface area contributed by atoms with E-state index in [0.717, 1.165) is 56.1 Å². The highest BCUT2D eigenvalue weighted by molar-refractivity contribution is 7.99. The highest BCUT2D eigenvalue weighted by Gasteiger charge is 2.24. The van der Waals surface area contributed by atoms with Gasteiger partial charge in [0.15, 0.2) is 16.8 Å². The fourth-order valence-electron chi connectivity index (χ4n) is 4.12. The van der Waals surface area contributed by atoms with Crippen molar-refractivity contribution in [3.63, 3.8) is 0 Å². The summed E-state index contributed by atoms with van der Waals surface area (Å²) >= 11 is 2.99. The number of hydrogen-bond donors (Lipinski definition) is 1. The molecule has 0 unspecified atom stereocenters. The van der Waals surface area contributed by atoms with Crippen LogP contribution in [0.4, 0.5) is 0 Å². The first kappa shape index (κ1) is 21.4. The summed E-state index contributed by atoms with van der Waals surface area (Å²) in [6, 6.07) is 5.69. The van der Waals surface area contributed by atoms with Gasteiger partial charge in [0.05, 0.1) is 23.3 Å². The minimum absolute atomic E-state index is 0.0360. The van der Waals surface area contributed by atoms with Crippen molar-refractivity contribution in [3.8, 4) is 10.7 Å². The molecule has 2 aliphatic heterocycles. The Hall–Kier alpha value is -2.43. The summed E-state index contributed by atoms with van der Waals surface area (Å²) in [5.41, 5.74) is 0.991. The fraction of sp³-hybridized carbons (Fsp3) is 0.455. The number of aromatic amines is 1. The molecule has 168 valence electrons. The quantitative estimate of drug-likeness (QED) is 0.398. The predicted molar refractivity (Wildman–Crippen MR) is 123 cm³/mol. The SMILES string of the molecule is O=C(CSc1nnc(-c2cccs2)n1C[C@@H]1CCCO1)c1c[nH]c(C(=O)N2CCCC2)c1. The first-order valence-corrected chi connectivity index (χ1v) is 12.8. The van der Waals surface area contributed by atoms with Crippen LogP contribution >= 0.6 is 23.1 Å². The molecule has 2 aliphatic rings. The molecule has 32 heavy (non-hydrogen) atoms. The van der Waals surface area contributed by atoms with Crippen LogP contribution in [0.1, 0.15) is 46.5 Å². The van der Waals surface area contributed by atoms with E-state index in [4.69, 9.17) is 4.74 Å². The maximum atomic E-state index is 12.8. The van der Waals surface area contributed by atoms with Crippen LogP contribution in [0.3, 0.4) is 0 Å². The number of ether oxygens (including phenoxy) is 1. The Kier molecular flexibility index (Phi) is 6.42. The Morgan fingerprint density at radius 3 is 2.88 bits per heavy atom. The van der Waals surface area contributed by atoms with Crippen molar-refractivity contribution in [2.45, 2.75) is 43.5 Å². The molecule has 0 radical (unpaired) electrons.